The lowest BCUT2D eigenvalue weighted by Crippen LogP contribution is -1.98. The van der Waals surface area contributed by atoms with Crippen LogP contribution < -0.4 is 0 Å². The lowest BCUT2D eigenvalue weighted by Gasteiger charge is -2.18. The average Bonchev–Trinajstić information content (AvgIpc) is 2.66. The first-order chi connectivity index (χ1) is 12.4. The van der Waals surface area contributed by atoms with Crippen LogP contribution in [0.15, 0.2) is 46.6 Å². The van der Waals surface area contributed by atoms with Gasteiger partial charge in [0.2, 0.25) is 0 Å². The summed E-state index contributed by atoms with van der Waals surface area (Å²) in [4.78, 5) is 10.4. The monoisotopic (exact) mass is 355 g/mol. The highest BCUT2D eigenvalue weighted by Gasteiger charge is 2.17. The van der Waals surface area contributed by atoms with Crippen molar-refractivity contribution in [2.24, 2.45) is 10.2 Å². The SMILES string of the molecule is CCC(C)c1cc(N=Nc2cccc([N+](=O)[O-])c2)cc(C(C)CC)c1O. The number of aromatic hydroxyl groups is 1. The Kier molecular flexibility index (Phi) is 6.44. The first-order valence-corrected chi connectivity index (χ1v) is 8.90. The van der Waals surface area contributed by atoms with E-state index in [4.69, 9.17) is 0 Å². The third-order valence-electron chi connectivity index (χ3n) is 4.76. The van der Waals surface area contributed by atoms with E-state index in [-0.39, 0.29) is 17.5 Å². The van der Waals surface area contributed by atoms with E-state index in [0.717, 1.165) is 24.0 Å². The second-order valence-corrected chi connectivity index (χ2v) is 6.57. The number of nitro groups is 1. The van der Waals surface area contributed by atoms with Crippen molar-refractivity contribution in [3.8, 4) is 5.75 Å². The molecule has 0 saturated heterocycles. The molecule has 0 aliphatic rings. The highest BCUT2D eigenvalue weighted by atomic mass is 16.6. The van der Waals surface area contributed by atoms with E-state index < -0.39 is 4.92 Å². The quantitative estimate of drug-likeness (QED) is 0.339. The molecule has 0 heterocycles. The van der Waals surface area contributed by atoms with Crippen LogP contribution in [-0.4, -0.2) is 10.0 Å². The van der Waals surface area contributed by atoms with Crippen molar-refractivity contribution in [2.75, 3.05) is 0 Å². The summed E-state index contributed by atoms with van der Waals surface area (Å²) in [6.45, 7) is 8.28. The maximum atomic E-state index is 10.9. The molecule has 0 aliphatic carbocycles. The van der Waals surface area contributed by atoms with Crippen molar-refractivity contribution in [1.82, 2.24) is 0 Å². The summed E-state index contributed by atoms with van der Waals surface area (Å²) in [5.74, 6) is 0.736. The predicted octanol–water partition coefficient (Wildman–Crippen LogP) is 6.74. The van der Waals surface area contributed by atoms with Gasteiger partial charge in [0.1, 0.15) is 5.75 Å². The smallest absolute Gasteiger partial charge is 0.271 e. The van der Waals surface area contributed by atoms with Gasteiger partial charge in [0, 0.05) is 12.1 Å². The van der Waals surface area contributed by atoms with Crippen molar-refractivity contribution in [3.63, 3.8) is 0 Å². The summed E-state index contributed by atoms with van der Waals surface area (Å²) >= 11 is 0. The molecule has 0 aromatic heterocycles. The van der Waals surface area contributed by atoms with Crippen molar-refractivity contribution >= 4 is 17.1 Å². The molecule has 2 aromatic carbocycles. The van der Waals surface area contributed by atoms with Gasteiger partial charge in [0.25, 0.3) is 5.69 Å². The summed E-state index contributed by atoms with van der Waals surface area (Å²) < 4.78 is 0. The molecule has 0 radical (unpaired) electrons. The van der Waals surface area contributed by atoms with Crippen molar-refractivity contribution in [3.05, 3.63) is 57.6 Å². The summed E-state index contributed by atoms with van der Waals surface area (Å²) in [7, 11) is 0. The van der Waals surface area contributed by atoms with Crippen molar-refractivity contribution in [2.45, 2.75) is 52.4 Å². The number of azo groups is 1. The lowest BCUT2D eigenvalue weighted by molar-refractivity contribution is -0.384. The fraction of sp³-hybridized carbons (Fsp3) is 0.400. The maximum absolute atomic E-state index is 10.9. The number of phenolic OH excluding ortho intramolecular Hbond substituents is 1. The molecule has 2 aromatic rings. The van der Waals surface area contributed by atoms with Crippen LogP contribution in [0.4, 0.5) is 17.1 Å². The fourth-order valence-electron chi connectivity index (χ4n) is 2.70. The van der Waals surface area contributed by atoms with E-state index in [1.165, 1.54) is 12.1 Å². The minimum Gasteiger partial charge on any atom is -0.507 e. The van der Waals surface area contributed by atoms with E-state index in [9.17, 15) is 15.2 Å². The zero-order chi connectivity index (χ0) is 19.3. The first kappa shape index (κ1) is 19.6. The van der Waals surface area contributed by atoms with E-state index in [1.807, 2.05) is 12.1 Å². The van der Waals surface area contributed by atoms with Crippen LogP contribution in [0, 0.1) is 10.1 Å². The number of rotatable bonds is 7. The molecule has 0 fully saturated rings. The predicted molar refractivity (Wildman–Crippen MR) is 103 cm³/mol. The minimum atomic E-state index is -0.457. The Hall–Kier alpha value is -2.76. The molecule has 1 N–H and O–H groups in total. The standard InChI is InChI=1S/C20H25N3O3/c1-5-13(3)18-11-16(12-19(20(18)24)14(4)6-2)22-21-15-8-7-9-17(10-15)23(25)26/h7-14,24H,5-6H2,1-4H3. The normalized spacial score (nSPS) is 13.7. The second-order valence-electron chi connectivity index (χ2n) is 6.57. The largest absolute Gasteiger partial charge is 0.507 e. The molecule has 6 nitrogen and oxygen atoms in total. The van der Waals surface area contributed by atoms with Crippen LogP contribution >= 0.6 is 0 Å². The molecule has 0 bridgehead atoms. The van der Waals surface area contributed by atoms with E-state index in [1.54, 1.807) is 12.1 Å². The highest BCUT2D eigenvalue weighted by Crippen LogP contribution is 2.39. The number of benzene rings is 2. The molecule has 0 spiro atoms. The number of non-ortho nitro benzene ring substituents is 1. The van der Waals surface area contributed by atoms with E-state index in [2.05, 4.69) is 37.9 Å². The third kappa shape index (κ3) is 4.45. The summed E-state index contributed by atoms with van der Waals surface area (Å²) in [6, 6.07) is 9.74. The highest BCUT2D eigenvalue weighted by molar-refractivity contribution is 5.55. The minimum absolute atomic E-state index is 0.0206. The van der Waals surface area contributed by atoms with Gasteiger partial charge in [-0.25, -0.2) is 0 Å². The lowest BCUT2D eigenvalue weighted by atomic mass is 9.89. The molecule has 26 heavy (non-hydrogen) atoms. The Bertz CT molecular complexity index is 787. The number of phenols is 1. The van der Waals surface area contributed by atoms with E-state index in [0.29, 0.717) is 17.1 Å². The van der Waals surface area contributed by atoms with Gasteiger partial charge in [-0.1, -0.05) is 33.8 Å². The van der Waals surface area contributed by atoms with Crippen molar-refractivity contribution in [1.29, 1.82) is 0 Å². The zero-order valence-electron chi connectivity index (χ0n) is 15.6. The Balaban J connectivity index is 2.45. The summed E-state index contributed by atoms with van der Waals surface area (Å²) in [5, 5.41) is 29.9. The molecule has 138 valence electrons. The van der Waals surface area contributed by atoms with Gasteiger partial charge >= 0.3 is 0 Å². The molecule has 2 rings (SSSR count). The van der Waals surface area contributed by atoms with Crippen molar-refractivity contribution < 1.29 is 10.0 Å². The van der Waals surface area contributed by atoms with Gasteiger partial charge in [-0.3, -0.25) is 10.1 Å². The number of hydrogen-bond donors (Lipinski definition) is 1. The van der Waals surface area contributed by atoms with Gasteiger partial charge < -0.3 is 5.11 Å². The molecule has 0 saturated carbocycles. The Morgan fingerprint density at radius 3 is 2.04 bits per heavy atom. The molecule has 2 atom stereocenters. The summed E-state index contributed by atoms with van der Waals surface area (Å²) in [5.41, 5.74) is 2.76. The Morgan fingerprint density at radius 1 is 1.00 bits per heavy atom. The number of nitro benzene ring substituents is 1. The molecular weight excluding hydrogens is 330 g/mol. The zero-order valence-corrected chi connectivity index (χ0v) is 15.6. The average molecular weight is 355 g/mol. The first-order valence-electron chi connectivity index (χ1n) is 8.90. The molecular formula is C20H25N3O3. The third-order valence-corrected chi connectivity index (χ3v) is 4.76. The number of hydrogen-bond acceptors (Lipinski definition) is 5. The van der Waals surface area contributed by atoms with Crippen LogP contribution in [0.25, 0.3) is 0 Å². The van der Waals surface area contributed by atoms with Gasteiger partial charge in [-0.05, 0) is 54.0 Å². The van der Waals surface area contributed by atoms with Crippen LogP contribution in [0.3, 0.4) is 0 Å². The van der Waals surface area contributed by atoms with Crippen LogP contribution in [0.2, 0.25) is 0 Å². The summed E-state index contributed by atoms with van der Waals surface area (Å²) in [6.07, 6.45) is 1.80. The van der Waals surface area contributed by atoms with Crippen LogP contribution in [-0.2, 0) is 0 Å². The second kappa shape index (κ2) is 8.56. The maximum Gasteiger partial charge on any atom is 0.271 e. The van der Waals surface area contributed by atoms with Crippen LogP contribution in [0.1, 0.15) is 63.5 Å². The van der Waals surface area contributed by atoms with Gasteiger partial charge in [0.05, 0.1) is 16.3 Å². The molecule has 2 unspecified atom stereocenters. The Morgan fingerprint density at radius 2 is 1.54 bits per heavy atom. The topological polar surface area (TPSA) is 88.1 Å². The molecule has 0 amide bonds. The molecule has 0 aliphatic heterocycles. The van der Waals surface area contributed by atoms with E-state index >= 15 is 0 Å². The van der Waals surface area contributed by atoms with Gasteiger partial charge in [0.15, 0.2) is 0 Å². The fourth-order valence-corrected chi connectivity index (χ4v) is 2.70. The number of nitrogens with zero attached hydrogens (tertiary/aromatic N) is 3. The Labute approximate surface area is 153 Å². The van der Waals surface area contributed by atoms with Gasteiger partial charge in [-0.2, -0.15) is 10.2 Å². The molecule has 6 heteroatoms. The van der Waals surface area contributed by atoms with Gasteiger partial charge in [-0.15, -0.1) is 0 Å². The van der Waals surface area contributed by atoms with Crippen LogP contribution in [0.5, 0.6) is 5.75 Å².